The average Bonchev–Trinajstić information content (AvgIpc) is 2.55. The van der Waals surface area contributed by atoms with E-state index in [2.05, 4.69) is 5.16 Å². The number of nitrogens with zero attached hydrogens (tertiary/aromatic N) is 1. The molecule has 2 aromatic carbocycles. The lowest BCUT2D eigenvalue weighted by molar-refractivity contribution is 0.0526. The van der Waals surface area contributed by atoms with Gasteiger partial charge in [-0.3, -0.25) is 0 Å². The zero-order valence-electron chi connectivity index (χ0n) is 13.2. The van der Waals surface area contributed by atoms with Crippen molar-refractivity contribution < 1.29 is 19.5 Å². The first-order chi connectivity index (χ1) is 11.1. The fourth-order valence-electron chi connectivity index (χ4n) is 1.99. The van der Waals surface area contributed by atoms with Crippen LogP contribution in [0.2, 0.25) is 0 Å². The van der Waals surface area contributed by atoms with Crippen molar-refractivity contribution >= 4 is 11.7 Å². The summed E-state index contributed by atoms with van der Waals surface area (Å²) in [6.07, 6.45) is 0. The van der Waals surface area contributed by atoms with Crippen LogP contribution in [0.25, 0.3) is 0 Å². The molecule has 5 heteroatoms. The fraction of sp³-hybridized carbons (Fsp3) is 0.222. The van der Waals surface area contributed by atoms with E-state index in [0.717, 1.165) is 11.1 Å². The van der Waals surface area contributed by atoms with Crippen LogP contribution in [0.4, 0.5) is 0 Å². The minimum absolute atomic E-state index is 0.180. The molecule has 0 unspecified atom stereocenters. The predicted octanol–water partition coefficient (Wildman–Crippen LogP) is 3.51. The first-order valence-corrected chi connectivity index (χ1v) is 7.32. The van der Waals surface area contributed by atoms with Crippen LogP contribution < -0.4 is 0 Å². The van der Waals surface area contributed by atoms with Crippen molar-refractivity contribution in [3.8, 4) is 5.75 Å². The van der Waals surface area contributed by atoms with Crippen LogP contribution in [0.3, 0.4) is 0 Å². The molecule has 0 aliphatic heterocycles. The van der Waals surface area contributed by atoms with Crippen molar-refractivity contribution in [3.05, 3.63) is 65.2 Å². The number of oxime groups is 1. The molecule has 0 amide bonds. The number of phenolic OH excluding ortho intramolecular Hbond substituents is 1. The topological polar surface area (TPSA) is 68.1 Å². The Hall–Kier alpha value is -2.82. The van der Waals surface area contributed by atoms with Crippen LogP contribution in [0.5, 0.6) is 5.75 Å². The van der Waals surface area contributed by atoms with E-state index in [4.69, 9.17) is 9.57 Å². The summed E-state index contributed by atoms with van der Waals surface area (Å²) in [5.74, 6) is -0.173. The van der Waals surface area contributed by atoms with Gasteiger partial charge in [-0.2, -0.15) is 0 Å². The molecule has 5 nitrogen and oxygen atoms in total. The summed E-state index contributed by atoms with van der Waals surface area (Å²) in [6, 6.07) is 13.8. The smallest absolute Gasteiger partial charge is 0.338 e. The molecule has 120 valence electrons. The number of esters is 1. The van der Waals surface area contributed by atoms with Crippen molar-refractivity contribution in [2.24, 2.45) is 5.16 Å². The molecular weight excluding hydrogens is 294 g/mol. The van der Waals surface area contributed by atoms with Gasteiger partial charge >= 0.3 is 5.97 Å². The molecule has 0 fully saturated rings. The van der Waals surface area contributed by atoms with Gasteiger partial charge in [-0.25, -0.2) is 4.79 Å². The standard InChI is InChI=1S/C18H19NO4/c1-3-22-18(21)16-8-4-6-14(10-16)12-23-19-13(2)15-7-5-9-17(20)11-15/h4-11,20H,3,12H2,1-2H3/b19-13+. The Morgan fingerprint density at radius 2 is 1.87 bits per heavy atom. The maximum absolute atomic E-state index is 11.7. The summed E-state index contributed by atoms with van der Waals surface area (Å²) in [6.45, 7) is 4.14. The van der Waals surface area contributed by atoms with Crippen LogP contribution >= 0.6 is 0 Å². The number of carbonyl (C=O) groups is 1. The Bertz CT molecular complexity index is 710. The summed E-state index contributed by atoms with van der Waals surface area (Å²) in [5.41, 5.74) is 2.75. The first kappa shape index (κ1) is 16.5. The van der Waals surface area contributed by atoms with Crippen LogP contribution in [0, 0.1) is 0 Å². The second kappa shape index (κ2) is 7.98. The molecule has 0 aliphatic rings. The zero-order chi connectivity index (χ0) is 16.7. The molecule has 0 saturated carbocycles. The van der Waals surface area contributed by atoms with Gasteiger partial charge in [0.1, 0.15) is 12.4 Å². The Morgan fingerprint density at radius 3 is 2.61 bits per heavy atom. The van der Waals surface area contributed by atoms with E-state index in [0.29, 0.717) is 17.9 Å². The van der Waals surface area contributed by atoms with Gasteiger partial charge in [-0.15, -0.1) is 0 Å². The number of hydrogen-bond acceptors (Lipinski definition) is 5. The van der Waals surface area contributed by atoms with Gasteiger partial charge < -0.3 is 14.7 Å². The van der Waals surface area contributed by atoms with Gasteiger partial charge in [-0.1, -0.05) is 29.4 Å². The molecule has 0 aliphatic carbocycles. The normalized spacial score (nSPS) is 11.1. The van der Waals surface area contributed by atoms with E-state index >= 15 is 0 Å². The number of ether oxygens (including phenoxy) is 1. The highest BCUT2D eigenvalue weighted by Gasteiger charge is 2.07. The third-order valence-corrected chi connectivity index (χ3v) is 3.13. The summed E-state index contributed by atoms with van der Waals surface area (Å²) in [5, 5.41) is 13.5. The lowest BCUT2D eigenvalue weighted by Gasteiger charge is -2.05. The number of aromatic hydroxyl groups is 1. The molecule has 0 bridgehead atoms. The number of phenols is 1. The predicted molar refractivity (Wildman–Crippen MR) is 87.5 cm³/mol. The van der Waals surface area contributed by atoms with Gasteiger partial charge in [-0.05, 0) is 43.7 Å². The van der Waals surface area contributed by atoms with Gasteiger partial charge in [0.2, 0.25) is 0 Å². The van der Waals surface area contributed by atoms with Gasteiger partial charge in [0, 0.05) is 5.56 Å². The quantitative estimate of drug-likeness (QED) is 0.503. The second-order valence-electron chi connectivity index (χ2n) is 4.92. The fourth-order valence-corrected chi connectivity index (χ4v) is 1.99. The lowest BCUT2D eigenvalue weighted by Crippen LogP contribution is -2.05. The lowest BCUT2D eigenvalue weighted by atomic mass is 10.1. The summed E-state index contributed by atoms with van der Waals surface area (Å²) in [4.78, 5) is 17.0. The minimum Gasteiger partial charge on any atom is -0.508 e. The van der Waals surface area contributed by atoms with Crippen LogP contribution in [0.1, 0.15) is 35.3 Å². The molecule has 23 heavy (non-hydrogen) atoms. The summed E-state index contributed by atoms with van der Waals surface area (Å²) < 4.78 is 4.96. The Kier molecular flexibility index (Phi) is 5.74. The van der Waals surface area contributed by atoms with Crippen LogP contribution in [0.15, 0.2) is 53.7 Å². The number of hydrogen-bond donors (Lipinski definition) is 1. The largest absolute Gasteiger partial charge is 0.508 e. The molecule has 0 radical (unpaired) electrons. The Morgan fingerprint density at radius 1 is 1.13 bits per heavy atom. The number of carbonyl (C=O) groups excluding carboxylic acids is 1. The van der Waals surface area contributed by atoms with Crippen molar-refractivity contribution in [2.75, 3.05) is 6.61 Å². The maximum atomic E-state index is 11.7. The molecular formula is C18H19NO4. The van der Waals surface area contributed by atoms with Crippen molar-refractivity contribution in [1.82, 2.24) is 0 Å². The highest BCUT2D eigenvalue weighted by molar-refractivity contribution is 5.98. The molecule has 0 aromatic heterocycles. The van der Waals surface area contributed by atoms with Gasteiger partial charge in [0.15, 0.2) is 0 Å². The van der Waals surface area contributed by atoms with Crippen LogP contribution in [-0.2, 0) is 16.2 Å². The first-order valence-electron chi connectivity index (χ1n) is 7.32. The number of benzene rings is 2. The van der Waals surface area contributed by atoms with Crippen molar-refractivity contribution in [1.29, 1.82) is 0 Å². The average molecular weight is 313 g/mol. The van der Waals surface area contributed by atoms with Gasteiger partial charge in [0.25, 0.3) is 0 Å². The third-order valence-electron chi connectivity index (χ3n) is 3.13. The van der Waals surface area contributed by atoms with Crippen molar-refractivity contribution in [3.63, 3.8) is 0 Å². The third kappa shape index (κ3) is 4.85. The highest BCUT2D eigenvalue weighted by atomic mass is 16.6. The van der Waals surface area contributed by atoms with Crippen molar-refractivity contribution in [2.45, 2.75) is 20.5 Å². The Labute approximate surface area is 135 Å². The number of rotatable bonds is 6. The minimum atomic E-state index is -0.353. The van der Waals surface area contributed by atoms with E-state index < -0.39 is 0 Å². The summed E-state index contributed by atoms with van der Waals surface area (Å²) >= 11 is 0. The zero-order valence-corrected chi connectivity index (χ0v) is 13.2. The Balaban J connectivity index is 1.99. The molecule has 0 heterocycles. The van der Waals surface area contributed by atoms with Gasteiger partial charge in [0.05, 0.1) is 17.9 Å². The monoisotopic (exact) mass is 313 g/mol. The summed E-state index contributed by atoms with van der Waals surface area (Å²) in [7, 11) is 0. The molecule has 2 aromatic rings. The highest BCUT2D eigenvalue weighted by Crippen LogP contribution is 2.13. The van der Waals surface area contributed by atoms with E-state index in [-0.39, 0.29) is 18.3 Å². The van der Waals surface area contributed by atoms with E-state index in [1.807, 2.05) is 12.1 Å². The van der Waals surface area contributed by atoms with E-state index in [1.165, 1.54) is 0 Å². The van der Waals surface area contributed by atoms with Crippen LogP contribution in [-0.4, -0.2) is 23.4 Å². The molecule has 0 saturated heterocycles. The SMILES string of the molecule is CCOC(=O)c1cccc(CO/N=C(\C)c2cccc(O)c2)c1. The van der Waals surface area contributed by atoms with E-state index in [1.54, 1.807) is 50.2 Å². The molecule has 1 N–H and O–H groups in total. The molecule has 0 spiro atoms. The second-order valence-corrected chi connectivity index (χ2v) is 4.92. The maximum Gasteiger partial charge on any atom is 0.338 e. The molecule has 2 rings (SSSR count). The van der Waals surface area contributed by atoms with E-state index in [9.17, 15) is 9.90 Å². The molecule has 0 atom stereocenters.